The molecule has 0 radical (unpaired) electrons. The van der Waals surface area contributed by atoms with Crippen LogP contribution in [0.3, 0.4) is 0 Å². The summed E-state index contributed by atoms with van der Waals surface area (Å²) in [5.41, 5.74) is 0.314. The molecule has 2 aromatic rings. The van der Waals surface area contributed by atoms with Crippen LogP contribution in [0.15, 0.2) is 41.4 Å². The second-order valence-electron chi connectivity index (χ2n) is 5.74. The summed E-state index contributed by atoms with van der Waals surface area (Å²) < 4.78 is 27.3. The first-order chi connectivity index (χ1) is 11.9. The average Bonchev–Trinajstić information content (AvgIpc) is 3.09. The topological polar surface area (TPSA) is 117 Å². The van der Waals surface area contributed by atoms with E-state index in [4.69, 9.17) is 5.11 Å². The molecule has 0 saturated carbocycles. The number of rotatable bonds is 5. The molecule has 2 N–H and O–H groups in total. The van der Waals surface area contributed by atoms with Gasteiger partial charge in [-0.2, -0.15) is 0 Å². The lowest BCUT2D eigenvalue weighted by Gasteiger charge is -2.21. The number of carbonyl (C=O) groups excluding carboxylic acids is 1. The van der Waals surface area contributed by atoms with Gasteiger partial charge in [0, 0.05) is 18.1 Å². The number of carboxylic acid groups (broad SMARTS) is 1. The molecule has 2 heterocycles. The molecule has 0 spiro atoms. The van der Waals surface area contributed by atoms with E-state index in [1.54, 1.807) is 24.3 Å². The highest BCUT2D eigenvalue weighted by molar-refractivity contribution is 7.89. The van der Waals surface area contributed by atoms with Crippen LogP contribution in [-0.2, 0) is 19.6 Å². The van der Waals surface area contributed by atoms with Crippen molar-refractivity contribution in [2.45, 2.75) is 23.8 Å². The van der Waals surface area contributed by atoms with Crippen molar-refractivity contribution in [3.8, 4) is 0 Å². The fourth-order valence-electron chi connectivity index (χ4n) is 2.95. The van der Waals surface area contributed by atoms with E-state index in [1.165, 1.54) is 17.2 Å². The molecular weight excluding hydrogens is 382 g/mol. The highest BCUT2D eigenvalue weighted by Gasteiger charge is 2.34. The van der Waals surface area contributed by atoms with E-state index in [2.05, 4.69) is 9.71 Å². The average molecular weight is 400 g/mol. The van der Waals surface area contributed by atoms with Crippen LogP contribution < -0.4 is 4.72 Å². The summed E-state index contributed by atoms with van der Waals surface area (Å²) in [4.78, 5) is 28.6. The number of amides is 1. The third-order valence-corrected chi connectivity index (χ3v) is 5.59. The van der Waals surface area contributed by atoms with Gasteiger partial charge in [0.2, 0.25) is 15.9 Å². The van der Waals surface area contributed by atoms with Gasteiger partial charge in [0.1, 0.15) is 10.9 Å². The Morgan fingerprint density at radius 1 is 1.27 bits per heavy atom. The number of carboxylic acids is 1. The van der Waals surface area contributed by atoms with Gasteiger partial charge in [-0.15, -0.1) is 12.4 Å². The molecule has 140 valence electrons. The maximum atomic E-state index is 12.5. The summed E-state index contributed by atoms with van der Waals surface area (Å²) in [6.07, 6.45) is 2.46. The van der Waals surface area contributed by atoms with Crippen molar-refractivity contribution >= 4 is 45.2 Å². The van der Waals surface area contributed by atoms with Gasteiger partial charge >= 0.3 is 5.97 Å². The number of nitrogens with one attached hydrogen (secondary N) is 1. The number of likely N-dealkylation sites (tertiary alicyclic amines) is 1. The van der Waals surface area contributed by atoms with Gasteiger partial charge in [-0.25, -0.2) is 17.9 Å². The second-order valence-corrected chi connectivity index (χ2v) is 7.47. The lowest BCUT2D eigenvalue weighted by atomic mass is 10.2. The molecule has 1 aromatic carbocycles. The molecule has 1 amide bonds. The monoisotopic (exact) mass is 399 g/mol. The smallest absolute Gasteiger partial charge is 0.326 e. The van der Waals surface area contributed by atoms with E-state index < -0.39 is 34.5 Å². The number of aromatic nitrogens is 1. The van der Waals surface area contributed by atoms with E-state index in [0.717, 1.165) is 0 Å². The van der Waals surface area contributed by atoms with Gasteiger partial charge in [0.05, 0.1) is 12.1 Å². The van der Waals surface area contributed by atoms with Gasteiger partial charge in [0.15, 0.2) is 0 Å². The SMILES string of the molecule is Cl.O=C(O)[C@@H]1CCCN1C(=O)CNS(=O)(=O)c1cccc2cccnc12. The van der Waals surface area contributed by atoms with Crippen molar-refractivity contribution in [1.82, 2.24) is 14.6 Å². The first-order valence-electron chi connectivity index (χ1n) is 7.76. The van der Waals surface area contributed by atoms with Crippen LogP contribution in [0, 0.1) is 0 Å². The van der Waals surface area contributed by atoms with E-state index in [-0.39, 0.29) is 17.3 Å². The first-order valence-corrected chi connectivity index (χ1v) is 9.24. The molecule has 1 aromatic heterocycles. The fourth-order valence-corrected chi connectivity index (χ4v) is 4.10. The zero-order valence-corrected chi connectivity index (χ0v) is 15.3. The molecule has 0 aliphatic carbocycles. The first kappa shape index (κ1) is 20.1. The van der Waals surface area contributed by atoms with Crippen molar-refractivity contribution in [3.05, 3.63) is 36.5 Å². The van der Waals surface area contributed by atoms with E-state index in [1.807, 2.05) is 0 Å². The van der Waals surface area contributed by atoms with E-state index >= 15 is 0 Å². The van der Waals surface area contributed by atoms with Gasteiger partial charge < -0.3 is 10.0 Å². The molecule has 1 fully saturated rings. The maximum absolute atomic E-state index is 12.5. The number of fused-ring (bicyclic) bond motifs is 1. The van der Waals surface area contributed by atoms with Gasteiger partial charge in [-0.3, -0.25) is 9.78 Å². The van der Waals surface area contributed by atoms with Gasteiger partial charge in [0.25, 0.3) is 0 Å². The summed E-state index contributed by atoms with van der Waals surface area (Å²) in [5.74, 6) is -1.63. The number of benzene rings is 1. The van der Waals surface area contributed by atoms with Crippen molar-refractivity contribution in [1.29, 1.82) is 0 Å². The van der Waals surface area contributed by atoms with Crippen molar-refractivity contribution < 1.29 is 23.1 Å². The molecular formula is C16H18ClN3O5S. The van der Waals surface area contributed by atoms with E-state index in [0.29, 0.717) is 30.3 Å². The summed E-state index contributed by atoms with van der Waals surface area (Å²) in [6, 6.07) is 7.31. The number of hydrogen-bond acceptors (Lipinski definition) is 5. The van der Waals surface area contributed by atoms with Crippen LogP contribution in [0.4, 0.5) is 0 Å². The Bertz CT molecular complexity index is 929. The fraction of sp³-hybridized carbons (Fsp3) is 0.312. The molecule has 1 aliphatic heterocycles. The number of aliphatic carboxylic acids is 1. The number of hydrogen-bond donors (Lipinski definition) is 2. The molecule has 1 aliphatic rings. The van der Waals surface area contributed by atoms with Crippen LogP contribution in [0.5, 0.6) is 0 Å². The quantitative estimate of drug-likeness (QED) is 0.775. The largest absolute Gasteiger partial charge is 0.480 e. The number of halogens is 1. The zero-order chi connectivity index (χ0) is 18.0. The lowest BCUT2D eigenvalue weighted by Crippen LogP contribution is -2.45. The van der Waals surface area contributed by atoms with Crippen molar-refractivity contribution in [3.63, 3.8) is 0 Å². The summed E-state index contributed by atoms with van der Waals surface area (Å²) >= 11 is 0. The molecule has 0 bridgehead atoms. The molecule has 1 atom stereocenters. The number of carbonyl (C=O) groups is 2. The Balaban J connectivity index is 0.00000243. The van der Waals surface area contributed by atoms with Gasteiger partial charge in [-0.05, 0) is 25.0 Å². The predicted molar refractivity (Wildman–Crippen MR) is 96.6 cm³/mol. The van der Waals surface area contributed by atoms with Crippen molar-refractivity contribution in [2.24, 2.45) is 0 Å². The third kappa shape index (κ3) is 3.95. The number of sulfonamides is 1. The Morgan fingerprint density at radius 2 is 2.00 bits per heavy atom. The molecule has 0 unspecified atom stereocenters. The third-order valence-electron chi connectivity index (χ3n) is 4.16. The normalized spacial score (nSPS) is 17.1. The standard InChI is InChI=1S/C16H17N3O5S.ClH/c20-14(19-9-3-6-12(19)16(21)22)10-18-25(23,24)13-7-1-4-11-5-2-8-17-15(11)13;/h1-2,4-5,7-8,12,18H,3,6,9-10H2,(H,21,22);1H/t12-;/m0./s1. The Kier molecular flexibility index (Phi) is 6.17. The number of nitrogens with zero attached hydrogens (tertiary/aromatic N) is 2. The lowest BCUT2D eigenvalue weighted by molar-refractivity contribution is -0.147. The molecule has 26 heavy (non-hydrogen) atoms. The van der Waals surface area contributed by atoms with E-state index in [9.17, 15) is 18.0 Å². The second kappa shape index (κ2) is 7.98. The van der Waals surface area contributed by atoms with Crippen LogP contribution >= 0.6 is 12.4 Å². The number of pyridine rings is 1. The Hall–Kier alpha value is -2.23. The molecule has 10 heteroatoms. The highest BCUT2D eigenvalue weighted by atomic mass is 35.5. The van der Waals surface area contributed by atoms with Crippen LogP contribution in [0.2, 0.25) is 0 Å². The molecule has 8 nitrogen and oxygen atoms in total. The van der Waals surface area contributed by atoms with Crippen LogP contribution in [0.1, 0.15) is 12.8 Å². The van der Waals surface area contributed by atoms with Crippen LogP contribution in [-0.4, -0.2) is 54.4 Å². The summed E-state index contributed by atoms with van der Waals surface area (Å²) in [5, 5.41) is 9.78. The van der Waals surface area contributed by atoms with Crippen LogP contribution in [0.25, 0.3) is 10.9 Å². The Labute approximate surface area is 156 Å². The predicted octanol–water partition coefficient (Wildman–Crippen LogP) is 1.01. The summed E-state index contributed by atoms with van der Waals surface area (Å²) in [7, 11) is -3.96. The van der Waals surface area contributed by atoms with Gasteiger partial charge in [-0.1, -0.05) is 18.2 Å². The van der Waals surface area contributed by atoms with Crippen molar-refractivity contribution in [2.75, 3.05) is 13.1 Å². The minimum atomic E-state index is -3.96. The highest BCUT2D eigenvalue weighted by Crippen LogP contribution is 2.21. The Morgan fingerprint density at radius 3 is 2.73 bits per heavy atom. The molecule has 3 rings (SSSR count). The minimum absolute atomic E-state index is 0. The number of para-hydroxylation sites is 1. The zero-order valence-electron chi connectivity index (χ0n) is 13.7. The maximum Gasteiger partial charge on any atom is 0.326 e. The minimum Gasteiger partial charge on any atom is -0.480 e. The summed E-state index contributed by atoms with van der Waals surface area (Å²) in [6.45, 7) is -0.178. The molecule has 1 saturated heterocycles.